The summed E-state index contributed by atoms with van der Waals surface area (Å²) in [5.41, 5.74) is 9.61. The molecule has 21 aliphatic heterocycles. The SMILES string of the molecule is [N-]=[N+]=N[C@@H]1[C@@H](O)[C@H]2O[C@H]3[C@@H]4S[C@@H]4[C@@H](O[C@H]4[C@H](O)[C@@H](O)[C@@H](O[C@H]5[C@H](O)[C@@H](O)[C@@H](O[C@H]6[C@H](O)[C@@H](O)[C@@H](O[C@H]7[C@H](O)[C@@H](O)[C@@H](O[C@H]8[C@H](O)[C@@H](O)[C@@H](O[C@@H]1[C@@H](CO)O2)O[C@@H]8CO)O[C@@H]7CO)O[C@@H]6CO)O[C@@H]5CO)O[C@@H]4CO)O[C@@H]3CO. The Kier molecular flexibility index (Phi) is 20.1. The molecule has 0 aliphatic carbocycles. The van der Waals surface area contributed by atoms with Gasteiger partial charge in [-0.1, -0.05) is 5.11 Å². The molecule has 21 fully saturated rings. The van der Waals surface area contributed by atoms with Crippen molar-refractivity contribution in [3.05, 3.63) is 10.4 Å². The molecule has 14 bridgehead atoms. The minimum absolute atomic E-state index is 0.628. The average Bonchev–Trinajstić information content (AvgIpc) is 4.32. The third kappa shape index (κ3) is 11.7. The first-order valence-corrected chi connectivity index (χ1v) is 25.9. The predicted octanol–water partition coefficient (Wildman–Crippen LogP) is -12.2. The highest BCUT2D eigenvalue weighted by Gasteiger charge is 2.63. The van der Waals surface area contributed by atoms with Crippen LogP contribution in [-0.4, -0.2) is 351 Å². The van der Waals surface area contributed by atoms with E-state index in [4.69, 9.17) is 66.3 Å². The first-order chi connectivity index (χ1) is 37.4. The predicted molar refractivity (Wildman–Crippen MR) is 239 cm³/mol. The van der Waals surface area contributed by atoms with E-state index in [9.17, 15) is 97.4 Å². The molecule has 35 nitrogen and oxygen atoms in total. The number of fused-ring (bicyclic) bond motifs is 1. The van der Waals surface area contributed by atoms with E-state index in [1.807, 2.05) is 0 Å². The van der Waals surface area contributed by atoms with Crippen LogP contribution >= 0.6 is 11.8 Å². The van der Waals surface area contributed by atoms with Gasteiger partial charge in [0.1, 0.15) is 153 Å². The summed E-state index contributed by atoms with van der Waals surface area (Å²) in [6.07, 6.45) is -59.3. The van der Waals surface area contributed by atoms with E-state index in [1.54, 1.807) is 0 Å². The molecule has 35 atom stereocenters. The molecule has 21 saturated heterocycles. The van der Waals surface area contributed by atoms with E-state index >= 15 is 0 Å². The molecule has 21 rings (SSSR count). The largest absolute Gasteiger partial charge is 0.394 e. The van der Waals surface area contributed by atoms with Crippen molar-refractivity contribution in [3.8, 4) is 0 Å². The molecule has 78 heavy (non-hydrogen) atoms. The molecule has 21 heterocycles. The highest BCUT2D eigenvalue weighted by atomic mass is 32.2. The first kappa shape index (κ1) is 61.0. The number of rotatable bonds is 8. The smallest absolute Gasteiger partial charge is 0.187 e. The van der Waals surface area contributed by atoms with Crippen LogP contribution < -0.4 is 0 Å². The Balaban J connectivity index is 0.999. The Hall–Kier alpha value is -1.62. The Labute approximate surface area is 444 Å². The van der Waals surface area contributed by atoms with Crippen LogP contribution in [0.1, 0.15) is 0 Å². The lowest BCUT2D eigenvalue weighted by Crippen LogP contribution is -2.68. The van der Waals surface area contributed by atoms with Gasteiger partial charge in [-0.15, -0.1) is 11.8 Å². The summed E-state index contributed by atoms with van der Waals surface area (Å²) < 4.78 is 81.7. The van der Waals surface area contributed by atoms with Gasteiger partial charge in [-0.2, -0.15) is 0 Å². The van der Waals surface area contributed by atoms with Crippen molar-refractivity contribution < 1.29 is 158 Å². The van der Waals surface area contributed by atoms with Crippen LogP contribution in [0.5, 0.6) is 0 Å². The molecule has 0 amide bonds. The van der Waals surface area contributed by atoms with Crippen molar-refractivity contribution in [2.45, 2.75) is 213 Å². The number of aliphatic hydroxyl groups excluding tert-OH is 18. The maximum Gasteiger partial charge on any atom is 0.187 e. The molecular formula is C42H67N3O32S. The second-order valence-corrected chi connectivity index (χ2v) is 21.3. The van der Waals surface area contributed by atoms with Crippen LogP contribution in [0.2, 0.25) is 0 Å². The second-order valence-electron chi connectivity index (χ2n) is 19.9. The van der Waals surface area contributed by atoms with Gasteiger partial charge in [0.15, 0.2) is 44.0 Å². The van der Waals surface area contributed by atoms with E-state index < -0.39 is 259 Å². The molecule has 0 radical (unpaired) electrons. The van der Waals surface area contributed by atoms with Gasteiger partial charge in [-0.25, -0.2) is 0 Å². The number of hydrogen-bond acceptors (Lipinski definition) is 34. The maximum atomic E-state index is 11.6. The monoisotopic (exact) mass is 1160 g/mol. The molecule has 0 saturated carbocycles. The molecule has 21 aliphatic rings. The Morgan fingerprint density at radius 3 is 0.808 bits per heavy atom. The minimum Gasteiger partial charge on any atom is -0.394 e. The summed E-state index contributed by atoms with van der Waals surface area (Å²) in [6, 6.07) is -1.73. The van der Waals surface area contributed by atoms with Crippen LogP contribution in [0.15, 0.2) is 5.11 Å². The van der Waals surface area contributed by atoms with Crippen molar-refractivity contribution in [3.63, 3.8) is 0 Å². The van der Waals surface area contributed by atoms with Gasteiger partial charge in [0.25, 0.3) is 0 Å². The summed E-state index contributed by atoms with van der Waals surface area (Å²) in [5, 5.41) is 201. The minimum atomic E-state index is -2.19. The van der Waals surface area contributed by atoms with Gasteiger partial charge in [-0.05, 0) is 5.53 Å². The Morgan fingerprint density at radius 2 is 0.513 bits per heavy atom. The Bertz CT molecular complexity index is 1990. The molecule has 0 spiro atoms. The van der Waals surface area contributed by atoms with Crippen LogP contribution in [0.4, 0.5) is 0 Å². The van der Waals surface area contributed by atoms with Crippen molar-refractivity contribution in [1.29, 1.82) is 0 Å². The molecule has 36 heteroatoms. The van der Waals surface area contributed by atoms with Crippen molar-refractivity contribution >= 4 is 11.8 Å². The first-order valence-electron chi connectivity index (χ1n) is 25.0. The zero-order chi connectivity index (χ0) is 56.2. The molecule has 448 valence electrons. The fourth-order valence-electron chi connectivity index (χ4n) is 10.9. The van der Waals surface area contributed by atoms with Crippen LogP contribution in [-0.2, 0) is 66.3 Å². The molecular weight excluding hydrogens is 1090 g/mol. The topological polar surface area (TPSA) is 542 Å². The molecule has 0 aromatic heterocycles. The number of azide groups is 1. The Morgan fingerprint density at radius 1 is 0.282 bits per heavy atom. The zero-order valence-electron chi connectivity index (χ0n) is 40.7. The number of nitrogens with zero attached hydrogens (tertiary/aromatic N) is 3. The summed E-state index contributed by atoms with van der Waals surface area (Å²) in [7, 11) is 0. The second kappa shape index (κ2) is 25.7. The van der Waals surface area contributed by atoms with Gasteiger partial charge in [-0.3, -0.25) is 0 Å². The lowest BCUT2D eigenvalue weighted by Gasteiger charge is -2.50. The standard InChI is InChI=1S/C42H67N3O32S/c43-45-44-15-16(53)36-64-8(1-46)27(15)71-37-22(59)17(54)28(9(2-47)65-37)72-38-23(60)18(55)29(10(3-48)66-38)73-39-24(61)19(56)30(11(4-49)67-39)74-40-25(62)20(57)31(12(5-50)68-40)75-41-26(63)21(58)32(13(6-51)69-41)76-42-35-34(78-35)33(77-36)14(7-52)70-42/h8-42,46-63H,1-7H2/t8-,9-,10-,11-,12-,13-,14-,15-,16-,17-,18-,19-,20-,21-,22-,23-,24-,25-,26-,27-,28-,29-,30-,31-,32-,33-,34+,35+,36-,37-,38-,39-,40-,41-,42-/m1/s1. The van der Waals surface area contributed by atoms with E-state index in [0.29, 0.717) is 0 Å². The number of hydrogen-bond donors (Lipinski definition) is 18. The van der Waals surface area contributed by atoms with Gasteiger partial charge in [0.2, 0.25) is 0 Å². The molecule has 0 aromatic carbocycles. The van der Waals surface area contributed by atoms with Crippen LogP contribution in [0.3, 0.4) is 0 Å². The van der Waals surface area contributed by atoms with E-state index in [-0.39, 0.29) is 0 Å². The summed E-state index contributed by atoms with van der Waals surface area (Å²) in [5.74, 6) is 0. The maximum absolute atomic E-state index is 11.6. The van der Waals surface area contributed by atoms with E-state index in [1.165, 1.54) is 11.8 Å². The summed E-state index contributed by atoms with van der Waals surface area (Å²) in [4.78, 5) is 2.77. The number of aliphatic hydroxyl groups is 18. The quantitative estimate of drug-likeness (QED) is 0.0464. The lowest BCUT2D eigenvalue weighted by molar-refractivity contribution is -0.395. The third-order valence-electron chi connectivity index (χ3n) is 15.2. The fourth-order valence-corrected chi connectivity index (χ4v) is 12.1. The van der Waals surface area contributed by atoms with E-state index in [2.05, 4.69) is 10.0 Å². The normalized spacial score (nSPS) is 55.0. The molecule has 18 N–H and O–H groups in total. The van der Waals surface area contributed by atoms with Crippen LogP contribution in [0.25, 0.3) is 10.4 Å². The molecule has 0 aromatic rings. The fraction of sp³-hybridized carbons (Fsp3) is 1.00. The van der Waals surface area contributed by atoms with Crippen LogP contribution in [0, 0.1) is 0 Å². The number of thioether (sulfide) groups is 1. The van der Waals surface area contributed by atoms with Gasteiger partial charge in [0.05, 0.1) is 62.8 Å². The van der Waals surface area contributed by atoms with Gasteiger partial charge >= 0.3 is 0 Å². The van der Waals surface area contributed by atoms with Crippen molar-refractivity contribution in [2.24, 2.45) is 5.11 Å². The highest BCUT2D eigenvalue weighted by molar-refractivity contribution is 8.07. The van der Waals surface area contributed by atoms with Crippen molar-refractivity contribution in [2.75, 3.05) is 46.2 Å². The number of ether oxygens (including phenoxy) is 14. The van der Waals surface area contributed by atoms with Gasteiger partial charge < -0.3 is 158 Å². The van der Waals surface area contributed by atoms with E-state index in [0.717, 1.165) is 0 Å². The average molecular weight is 1160 g/mol. The third-order valence-corrected chi connectivity index (χ3v) is 16.5. The lowest BCUT2D eigenvalue weighted by atomic mass is 9.94. The van der Waals surface area contributed by atoms with Gasteiger partial charge in [0, 0.05) is 4.91 Å². The highest BCUT2D eigenvalue weighted by Crippen LogP contribution is 2.54. The summed E-state index contributed by atoms with van der Waals surface area (Å²) in [6.45, 7) is -6.68. The molecule has 0 unspecified atom stereocenters. The summed E-state index contributed by atoms with van der Waals surface area (Å²) >= 11 is 1.18. The van der Waals surface area contributed by atoms with Crippen molar-refractivity contribution in [1.82, 2.24) is 0 Å². The zero-order valence-corrected chi connectivity index (χ0v) is 41.5.